The van der Waals surface area contributed by atoms with Gasteiger partial charge in [-0.05, 0) is 31.0 Å². The smallest absolute Gasteiger partial charge is 0.118 e. The highest BCUT2D eigenvalue weighted by molar-refractivity contribution is 5.28. The Bertz CT molecular complexity index is 519. The van der Waals surface area contributed by atoms with Gasteiger partial charge in [0.1, 0.15) is 5.75 Å². The van der Waals surface area contributed by atoms with Crippen LogP contribution in [-0.2, 0) is 13.1 Å². The van der Waals surface area contributed by atoms with Crippen molar-refractivity contribution in [3.05, 3.63) is 48.0 Å². The number of rotatable bonds is 7. The van der Waals surface area contributed by atoms with Crippen molar-refractivity contribution in [2.24, 2.45) is 0 Å². The Kier molecular flexibility index (Phi) is 5.18. The van der Waals surface area contributed by atoms with Crippen LogP contribution in [0.25, 0.3) is 0 Å². The fourth-order valence-corrected chi connectivity index (χ4v) is 2.21. The first-order valence-electron chi connectivity index (χ1n) is 7.11. The largest absolute Gasteiger partial charge is 0.497 e. The molecule has 1 aromatic carbocycles. The van der Waals surface area contributed by atoms with Crippen molar-refractivity contribution in [2.75, 3.05) is 7.11 Å². The van der Waals surface area contributed by atoms with E-state index in [0.29, 0.717) is 6.04 Å². The van der Waals surface area contributed by atoms with E-state index in [1.54, 1.807) is 7.11 Å². The van der Waals surface area contributed by atoms with Crippen LogP contribution in [-0.4, -0.2) is 16.7 Å². The Labute approximate surface area is 120 Å². The van der Waals surface area contributed by atoms with E-state index in [0.717, 1.165) is 25.3 Å². The summed E-state index contributed by atoms with van der Waals surface area (Å²) in [6.45, 7) is 6.20. The van der Waals surface area contributed by atoms with Gasteiger partial charge in [0.25, 0.3) is 0 Å². The zero-order chi connectivity index (χ0) is 14.4. The third-order valence-corrected chi connectivity index (χ3v) is 3.47. The van der Waals surface area contributed by atoms with Crippen LogP contribution in [0.2, 0.25) is 0 Å². The maximum atomic E-state index is 5.18. The summed E-state index contributed by atoms with van der Waals surface area (Å²) in [5.74, 6) is 0.891. The summed E-state index contributed by atoms with van der Waals surface area (Å²) in [4.78, 5) is 4.22. The predicted octanol–water partition coefficient (Wildman–Crippen LogP) is 3.15. The number of nitrogens with zero attached hydrogens (tertiary/aromatic N) is 2. The molecule has 1 aromatic heterocycles. The van der Waals surface area contributed by atoms with Crippen LogP contribution in [0.4, 0.5) is 0 Å². The molecule has 0 aliphatic heterocycles. The first-order valence-corrected chi connectivity index (χ1v) is 7.11. The minimum atomic E-state index is 0.297. The quantitative estimate of drug-likeness (QED) is 0.842. The van der Waals surface area contributed by atoms with Crippen molar-refractivity contribution in [1.82, 2.24) is 14.9 Å². The van der Waals surface area contributed by atoms with Gasteiger partial charge in [-0.15, -0.1) is 0 Å². The van der Waals surface area contributed by atoms with Gasteiger partial charge in [0, 0.05) is 25.3 Å². The molecule has 1 heterocycles. The maximum Gasteiger partial charge on any atom is 0.118 e. The zero-order valence-corrected chi connectivity index (χ0v) is 12.5. The van der Waals surface area contributed by atoms with E-state index in [-0.39, 0.29) is 0 Å². The molecule has 4 nitrogen and oxygen atoms in total. The molecular formula is C16H23N3O. The number of hydrogen-bond acceptors (Lipinski definition) is 3. The number of imidazole rings is 1. The van der Waals surface area contributed by atoms with E-state index in [1.807, 2.05) is 24.7 Å². The Balaban J connectivity index is 1.93. The SMILES string of the molecule is CCCn1cncc1CNC(C)c1ccc(OC)cc1. The van der Waals surface area contributed by atoms with E-state index < -0.39 is 0 Å². The highest BCUT2D eigenvalue weighted by Gasteiger charge is 2.07. The molecule has 0 amide bonds. The molecule has 108 valence electrons. The van der Waals surface area contributed by atoms with E-state index in [2.05, 4.69) is 40.8 Å². The number of benzene rings is 1. The van der Waals surface area contributed by atoms with Crippen molar-refractivity contribution < 1.29 is 4.74 Å². The van der Waals surface area contributed by atoms with Crippen molar-refractivity contribution in [1.29, 1.82) is 0 Å². The van der Waals surface area contributed by atoms with Gasteiger partial charge < -0.3 is 14.6 Å². The summed E-state index contributed by atoms with van der Waals surface area (Å²) in [5, 5.41) is 3.54. The minimum absolute atomic E-state index is 0.297. The molecule has 4 heteroatoms. The molecule has 0 bridgehead atoms. The van der Waals surface area contributed by atoms with Crippen LogP contribution in [0.1, 0.15) is 37.6 Å². The Hall–Kier alpha value is -1.81. The monoisotopic (exact) mass is 273 g/mol. The molecule has 20 heavy (non-hydrogen) atoms. The lowest BCUT2D eigenvalue weighted by Crippen LogP contribution is -2.20. The van der Waals surface area contributed by atoms with E-state index in [9.17, 15) is 0 Å². The molecule has 0 fully saturated rings. The van der Waals surface area contributed by atoms with Gasteiger partial charge in [-0.3, -0.25) is 0 Å². The van der Waals surface area contributed by atoms with Crippen LogP contribution >= 0.6 is 0 Å². The molecule has 0 radical (unpaired) electrons. The summed E-state index contributed by atoms with van der Waals surface area (Å²) >= 11 is 0. The second-order valence-corrected chi connectivity index (χ2v) is 4.95. The molecular weight excluding hydrogens is 250 g/mol. The second kappa shape index (κ2) is 7.10. The topological polar surface area (TPSA) is 39.1 Å². The molecule has 0 spiro atoms. The summed E-state index contributed by atoms with van der Waals surface area (Å²) in [5.41, 5.74) is 2.49. The summed E-state index contributed by atoms with van der Waals surface area (Å²) in [7, 11) is 1.69. The van der Waals surface area contributed by atoms with Crippen molar-refractivity contribution in [2.45, 2.75) is 39.4 Å². The number of hydrogen-bond donors (Lipinski definition) is 1. The molecule has 0 aliphatic rings. The van der Waals surface area contributed by atoms with Gasteiger partial charge >= 0.3 is 0 Å². The fourth-order valence-electron chi connectivity index (χ4n) is 2.21. The summed E-state index contributed by atoms with van der Waals surface area (Å²) in [6, 6.07) is 8.48. The summed E-state index contributed by atoms with van der Waals surface area (Å²) in [6.07, 6.45) is 4.96. The van der Waals surface area contributed by atoms with Crippen molar-refractivity contribution >= 4 is 0 Å². The third kappa shape index (κ3) is 3.61. The number of nitrogens with one attached hydrogen (secondary N) is 1. The van der Waals surface area contributed by atoms with Gasteiger partial charge in [-0.2, -0.15) is 0 Å². The minimum Gasteiger partial charge on any atom is -0.497 e. The van der Waals surface area contributed by atoms with Crippen molar-refractivity contribution in [3.8, 4) is 5.75 Å². The molecule has 2 aromatic rings. The third-order valence-electron chi connectivity index (χ3n) is 3.47. The van der Waals surface area contributed by atoms with Crippen LogP contribution in [0, 0.1) is 0 Å². The zero-order valence-electron chi connectivity index (χ0n) is 12.5. The van der Waals surface area contributed by atoms with E-state index >= 15 is 0 Å². The molecule has 1 unspecified atom stereocenters. The Morgan fingerprint density at radius 2 is 2.05 bits per heavy atom. The van der Waals surface area contributed by atoms with Crippen LogP contribution in [0.15, 0.2) is 36.8 Å². The maximum absolute atomic E-state index is 5.18. The normalized spacial score (nSPS) is 12.3. The van der Waals surface area contributed by atoms with Gasteiger partial charge in [0.05, 0.1) is 19.1 Å². The number of ether oxygens (including phenoxy) is 1. The molecule has 0 saturated heterocycles. The van der Waals surface area contributed by atoms with Crippen LogP contribution < -0.4 is 10.1 Å². The number of methoxy groups -OCH3 is 1. The van der Waals surface area contributed by atoms with Crippen LogP contribution in [0.5, 0.6) is 5.75 Å². The molecule has 1 N–H and O–H groups in total. The van der Waals surface area contributed by atoms with Crippen LogP contribution in [0.3, 0.4) is 0 Å². The predicted molar refractivity (Wildman–Crippen MR) is 80.8 cm³/mol. The first kappa shape index (κ1) is 14.6. The number of aryl methyl sites for hydroxylation is 1. The van der Waals surface area contributed by atoms with E-state index in [4.69, 9.17) is 4.74 Å². The Morgan fingerprint density at radius 3 is 2.70 bits per heavy atom. The molecule has 1 atom stereocenters. The highest BCUT2D eigenvalue weighted by Crippen LogP contribution is 2.17. The lowest BCUT2D eigenvalue weighted by Gasteiger charge is -2.15. The average Bonchev–Trinajstić information content (AvgIpc) is 2.92. The number of aromatic nitrogens is 2. The van der Waals surface area contributed by atoms with E-state index in [1.165, 1.54) is 11.3 Å². The average molecular weight is 273 g/mol. The summed E-state index contributed by atoms with van der Waals surface area (Å²) < 4.78 is 7.38. The van der Waals surface area contributed by atoms with Gasteiger partial charge in [-0.25, -0.2) is 4.98 Å². The molecule has 2 rings (SSSR count). The highest BCUT2D eigenvalue weighted by atomic mass is 16.5. The lowest BCUT2D eigenvalue weighted by atomic mass is 10.1. The molecule has 0 aliphatic carbocycles. The Morgan fingerprint density at radius 1 is 1.30 bits per heavy atom. The first-order chi connectivity index (χ1) is 9.74. The standard InChI is InChI=1S/C16H23N3O/c1-4-9-19-12-17-10-15(19)11-18-13(2)14-5-7-16(20-3)8-6-14/h5-8,10,12-13,18H,4,9,11H2,1-3H3. The van der Waals surface area contributed by atoms with Crippen molar-refractivity contribution in [3.63, 3.8) is 0 Å². The van der Waals surface area contributed by atoms with Gasteiger partial charge in [-0.1, -0.05) is 19.1 Å². The second-order valence-electron chi connectivity index (χ2n) is 4.95. The lowest BCUT2D eigenvalue weighted by molar-refractivity contribution is 0.414. The fraction of sp³-hybridized carbons (Fsp3) is 0.438. The van der Waals surface area contributed by atoms with Gasteiger partial charge in [0.2, 0.25) is 0 Å². The van der Waals surface area contributed by atoms with Gasteiger partial charge in [0.15, 0.2) is 0 Å². The molecule has 0 saturated carbocycles.